The topological polar surface area (TPSA) is 118 Å². The highest BCUT2D eigenvalue weighted by Gasteiger charge is 2.24. The van der Waals surface area contributed by atoms with Crippen LogP contribution >= 0.6 is 23.4 Å². The molecule has 0 fully saturated rings. The van der Waals surface area contributed by atoms with Crippen LogP contribution in [0.2, 0.25) is 5.02 Å². The third-order valence-electron chi connectivity index (χ3n) is 5.11. The molecule has 0 aliphatic rings. The second-order valence-electron chi connectivity index (χ2n) is 7.21. The molecule has 1 atom stereocenters. The number of ether oxygens (including phenoxy) is 1. The summed E-state index contributed by atoms with van der Waals surface area (Å²) in [5.74, 6) is -0.410. The minimum absolute atomic E-state index is 0.244. The molecule has 0 spiro atoms. The van der Waals surface area contributed by atoms with Gasteiger partial charge in [-0.15, -0.1) is 0 Å². The second-order valence-corrected chi connectivity index (χ2v) is 8.61. The molecule has 33 heavy (non-hydrogen) atoms. The number of aromatic nitrogens is 3. The number of pyridine rings is 1. The highest BCUT2D eigenvalue weighted by Crippen LogP contribution is 2.29. The van der Waals surface area contributed by atoms with Crippen LogP contribution in [-0.2, 0) is 17.9 Å². The molecule has 0 saturated carbocycles. The molecular weight excluding hydrogens is 466 g/mol. The first-order valence-electron chi connectivity index (χ1n) is 10.3. The second kappa shape index (κ2) is 11.2. The fourth-order valence-corrected chi connectivity index (χ4v) is 4.11. The van der Waals surface area contributed by atoms with E-state index < -0.39 is 17.9 Å². The third kappa shape index (κ3) is 5.69. The first kappa shape index (κ1) is 24.7. The smallest absolute Gasteiger partial charge is 0.326 e. The van der Waals surface area contributed by atoms with Crippen LogP contribution < -0.4 is 15.4 Å². The average Bonchev–Trinajstić information content (AvgIpc) is 3.23. The molecule has 2 aromatic heterocycles. The third-order valence-corrected chi connectivity index (χ3v) is 6.05. The Morgan fingerprint density at radius 2 is 2.12 bits per heavy atom. The Kier molecular flexibility index (Phi) is 8.40. The van der Waals surface area contributed by atoms with E-state index in [1.807, 2.05) is 19.2 Å². The van der Waals surface area contributed by atoms with Gasteiger partial charge < -0.3 is 20.5 Å². The zero-order chi connectivity index (χ0) is 24.0. The number of carbonyl (C=O) groups excluding carboxylic acids is 1. The van der Waals surface area contributed by atoms with E-state index in [0.717, 1.165) is 5.56 Å². The van der Waals surface area contributed by atoms with Gasteiger partial charge in [0.1, 0.15) is 11.8 Å². The van der Waals surface area contributed by atoms with Gasteiger partial charge in [-0.1, -0.05) is 17.7 Å². The number of anilines is 1. The molecule has 9 nitrogen and oxygen atoms in total. The molecule has 0 bridgehead atoms. The van der Waals surface area contributed by atoms with Crippen LogP contribution in [0.4, 0.5) is 5.69 Å². The molecule has 0 aliphatic heterocycles. The summed E-state index contributed by atoms with van der Waals surface area (Å²) in [6.07, 6.45) is 5.30. The maximum absolute atomic E-state index is 13.1. The van der Waals surface area contributed by atoms with Gasteiger partial charge in [-0.3, -0.25) is 4.79 Å². The fourth-order valence-electron chi connectivity index (χ4n) is 3.36. The monoisotopic (exact) mass is 491 g/mol. The Bertz CT molecular complexity index is 1150. The molecule has 3 N–H and O–H groups in total. The predicted octanol–water partition coefficient (Wildman–Crippen LogP) is 3.66. The van der Waals surface area contributed by atoms with Gasteiger partial charge in [0.25, 0.3) is 5.91 Å². The summed E-state index contributed by atoms with van der Waals surface area (Å²) < 4.78 is 6.92. The SMILES string of the molecule is CCn1ncc2c(NCc3ccc(OC)c(Cl)c3)c(C(=O)N[C@@H](CCSC)C(=O)O)cnc21. The van der Waals surface area contributed by atoms with Gasteiger partial charge in [0.15, 0.2) is 5.65 Å². The Morgan fingerprint density at radius 3 is 2.76 bits per heavy atom. The molecule has 0 radical (unpaired) electrons. The minimum atomic E-state index is -1.08. The quantitative estimate of drug-likeness (QED) is 0.372. The Hall–Kier alpha value is -2.98. The van der Waals surface area contributed by atoms with Crippen molar-refractivity contribution in [2.24, 2.45) is 0 Å². The molecule has 1 aromatic carbocycles. The number of hydrogen-bond donors (Lipinski definition) is 3. The number of carboxylic acid groups (broad SMARTS) is 1. The molecule has 3 rings (SSSR count). The van der Waals surface area contributed by atoms with E-state index in [1.165, 1.54) is 18.0 Å². The Morgan fingerprint density at radius 1 is 1.33 bits per heavy atom. The lowest BCUT2D eigenvalue weighted by molar-refractivity contribution is -0.139. The molecular formula is C22H26ClN5O4S. The number of aliphatic carboxylic acids is 1. The lowest BCUT2D eigenvalue weighted by Gasteiger charge is -2.17. The summed E-state index contributed by atoms with van der Waals surface area (Å²) in [4.78, 5) is 29.1. The molecule has 3 aromatic rings. The van der Waals surface area contributed by atoms with Crippen molar-refractivity contribution in [1.29, 1.82) is 0 Å². The van der Waals surface area contributed by atoms with Crippen LogP contribution in [-0.4, -0.2) is 56.9 Å². The van der Waals surface area contributed by atoms with Gasteiger partial charge in [0, 0.05) is 19.3 Å². The van der Waals surface area contributed by atoms with E-state index in [2.05, 4.69) is 20.7 Å². The van der Waals surface area contributed by atoms with E-state index in [0.29, 0.717) is 52.8 Å². The highest BCUT2D eigenvalue weighted by atomic mass is 35.5. The number of aryl methyl sites for hydroxylation is 1. The summed E-state index contributed by atoms with van der Waals surface area (Å²) in [5.41, 5.74) is 2.27. The highest BCUT2D eigenvalue weighted by molar-refractivity contribution is 7.98. The van der Waals surface area contributed by atoms with Gasteiger partial charge in [0.2, 0.25) is 0 Å². The van der Waals surface area contributed by atoms with Crippen LogP contribution in [0.1, 0.15) is 29.3 Å². The number of fused-ring (bicyclic) bond motifs is 1. The summed E-state index contributed by atoms with van der Waals surface area (Å²) >= 11 is 7.76. The summed E-state index contributed by atoms with van der Waals surface area (Å²) in [6.45, 7) is 2.94. The van der Waals surface area contributed by atoms with E-state index in [1.54, 1.807) is 30.1 Å². The summed E-state index contributed by atoms with van der Waals surface area (Å²) in [5, 5.41) is 20.9. The van der Waals surface area contributed by atoms with Crippen molar-refractivity contribution < 1.29 is 19.4 Å². The average molecular weight is 492 g/mol. The molecule has 0 unspecified atom stereocenters. The molecule has 0 aliphatic carbocycles. The number of amides is 1. The van der Waals surface area contributed by atoms with Crippen molar-refractivity contribution in [3.63, 3.8) is 0 Å². The number of nitrogens with one attached hydrogen (secondary N) is 2. The number of hydrogen-bond acceptors (Lipinski definition) is 7. The zero-order valence-electron chi connectivity index (χ0n) is 18.6. The lowest BCUT2D eigenvalue weighted by atomic mass is 10.1. The Labute approximate surface area is 200 Å². The molecule has 11 heteroatoms. The number of carbonyl (C=O) groups is 2. The maximum atomic E-state index is 13.1. The van der Waals surface area contributed by atoms with Crippen LogP contribution in [0, 0.1) is 0 Å². The lowest BCUT2D eigenvalue weighted by Crippen LogP contribution is -2.41. The minimum Gasteiger partial charge on any atom is -0.495 e. The molecule has 0 saturated heterocycles. The van der Waals surface area contributed by atoms with Crippen molar-refractivity contribution in [3.05, 3.63) is 46.7 Å². The van der Waals surface area contributed by atoms with E-state index >= 15 is 0 Å². The largest absolute Gasteiger partial charge is 0.495 e. The van der Waals surface area contributed by atoms with Crippen molar-refractivity contribution in [1.82, 2.24) is 20.1 Å². The maximum Gasteiger partial charge on any atom is 0.326 e. The Balaban J connectivity index is 1.94. The zero-order valence-corrected chi connectivity index (χ0v) is 20.2. The van der Waals surface area contributed by atoms with Crippen LogP contribution in [0.5, 0.6) is 5.75 Å². The number of thioether (sulfide) groups is 1. The first-order valence-corrected chi connectivity index (χ1v) is 12.1. The number of nitrogens with zero attached hydrogens (tertiary/aromatic N) is 3. The van der Waals surface area contributed by atoms with Crippen molar-refractivity contribution in [2.45, 2.75) is 32.5 Å². The fraction of sp³-hybridized carbons (Fsp3) is 0.364. The van der Waals surface area contributed by atoms with E-state index in [9.17, 15) is 14.7 Å². The van der Waals surface area contributed by atoms with Gasteiger partial charge in [0.05, 0.1) is 35.0 Å². The standard InChI is InChI=1S/C22H26ClN5O4S/c1-4-28-20-14(12-26-28)19(24-10-13-5-6-18(32-2)16(23)9-13)15(11-25-20)21(29)27-17(22(30)31)7-8-33-3/h5-6,9,11-12,17H,4,7-8,10H2,1-3H3,(H,24,25)(H,27,29)(H,30,31)/t17-/m0/s1. The van der Waals surface area contributed by atoms with Crippen molar-refractivity contribution in [2.75, 3.05) is 24.4 Å². The van der Waals surface area contributed by atoms with Crippen LogP contribution in [0.3, 0.4) is 0 Å². The molecule has 2 heterocycles. The molecule has 176 valence electrons. The van der Waals surface area contributed by atoms with E-state index in [-0.39, 0.29) is 5.56 Å². The van der Waals surface area contributed by atoms with Gasteiger partial charge >= 0.3 is 5.97 Å². The number of halogens is 1. The normalized spacial score (nSPS) is 11.9. The number of rotatable bonds is 11. The summed E-state index contributed by atoms with van der Waals surface area (Å²) in [7, 11) is 1.55. The van der Waals surface area contributed by atoms with Gasteiger partial charge in [-0.2, -0.15) is 16.9 Å². The number of benzene rings is 1. The van der Waals surface area contributed by atoms with Gasteiger partial charge in [-0.05, 0) is 43.0 Å². The number of methoxy groups -OCH3 is 1. The van der Waals surface area contributed by atoms with Gasteiger partial charge in [-0.25, -0.2) is 14.5 Å². The number of carboxylic acids is 1. The first-order chi connectivity index (χ1) is 15.9. The van der Waals surface area contributed by atoms with E-state index in [4.69, 9.17) is 16.3 Å². The van der Waals surface area contributed by atoms with Crippen LogP contribution in [0.15, 0.2) is 30.6 Å². The van der Waals surface area contributed by atoms with Crippen molar-refractivity contribution >= 4 is 52.0 Å². The summed E-state index contributed by atoms with van der Waals surface area (Å²) in [6, 6.07) is 4.43. The van der Waals surface area contributed by atoms with Crippen molar-refractivity contribution in [3.8, 4) is 5.75 Å². The van der Waals surface area contributed by atoms with Crippen LogP contribution in [0.25, 0.3) is 11.0 Å². The predicted molar refractivity (Wildman–Crippen MR) is 130 cm³/mol. The molecule has 1 amide bonds.